The van der Waals surface area contributed by atoms with E-state index in [1.165, 1.54) is 88.9 Å². The second-order valence-electron chi connectivity index (χ2n) is 8.63. The van der Waals surface area contributed by atoms with Gasteiger partial charge in [-0.25, -0.2) is 0 Å². The van der Waals surface area contributed by atoms with Gasteiger partial charge < -0.3 is 4.74 Å². The Labute approximate surface area is 184 Å². The van der Waals surface area contributed by atoms with Crippen LogP contribution in [0.25, 0.3) is 10.8 Å². The number of unbranched alkanes of at least 4 members (excludes halogenated alkanes) is 13. The molecule has 0 bridgehead atoms. The quantitative estimate of drug-likeness (QED) is 0.193. The molecule has 0 amide bonds. The molecule has 2 aromatic carbocycles. The lowest BCUT2D eigenvalue weighted by Crippen LogP contribution is -2.09. The molecular formula is C28H42O2. The highest BCUT2D eigenvalue weighted by molar-refractivity contribution is 5.88. The fourth-order valence-electron chi connectivity index (χ4n) is 4.14. The van der Waals surface area contributed by atoms with E-state index in [1.54, 1.807) is 0 Å². The highest BCUT2D eigenvalue weighted by atomic mass is 16.5. The summed E-state index contributed by atoms with van der Waals surface area (Å²) in [4.78, 5) is 12.2. The topological polar surface area (TPSA) is 26.3 Å². The summed E-state index contributed by atoms with van der Waals surface area (Å²) in [6.45, 7) is 2.83. The lowest BCUT2D eigenvalue weighted by molar-refractivity contribution is -0.142. The summed E-state index contributed by atoms with van der Waals surface area (Å²) in [5, 5.41) is 2.32. The second-order valence-corrected chi connectivity index (χ2v) is 8.63. The Bertz CT molecular complexity index is 701. The first-order chi connectivity index (χ1) is 14.8. The van der Waals surface area contributed by atoms with Crippen LogP contribution in [0.5, 0.6) is 0 Å². The van der Waals surface area contributed by atoms with E-state index >= 15 is 0 Å². The van der Waals surface area contributed by atoms with Crippen LogP contribution in [0.1, 0.15) is 102 Å². The van der Waals surface area contributed by atoms with Gasteiger partial charge in [0, 0.05) is 0 Å². The fraction of sp³-hybridized carbons (Fsp3) is 0.607. The Morgan fingerprint density at radius 1 is 0.667 bits per heavy atom. The van der Waals surface area contributed by atoms with Crippen LogP contribution in [0.2, 0.25) is 0 Å². The summed E-state index contributed by atoms with van der Waals surface area (Å²) in [7, 11) is 0. The van der Waals surface area contributed by atoms with Crippen molar-refractivity contribution in [2.75, 3.05) is 6.61 Å². The molecule has 2 rings (SSSR count). The third-order valence-electron chi connectivity index (χ3n) is 5.98. The number of hydrogen-bond acceptors (Lipinski definition) is 2. The van der Waals surface area contributed by atoms with Gasteiger partial charge >= 0.3 is 5.97 Å². The Morgan fingerprint density at radius 3 is 1.83 bits per heavy atom. The molecule has 0 fully saturated rings. The Balaban J connectivity index is 1.41. The Morgan fingerprint density at radius 2 is 1.20 bits per heavy atom. The molecule has 30 heavy (non-hydrogen) atoms. The van der Waals surface area contributed by atoms with E-state index in [1.807, 2.05) is 24.3 Å². The molecule has 0 heterocycles. The van der Waals surface area contributed by atoms with Gasteiger partial charge in [0.1, 0.15) is 0 Å². The lowest BCUT2D eigenvalue weighted by atomic mass is 10.0. The third-order valence-corrected chi connectivity index (χ3v) is 5.98. The molecule has 0 radical (unpaired) electrons. The zero-order chi connectivity index (χ0) is 21.3. The first-order valence-corrected chi connectivity index (χ1v) is 12.4. The average Bonchev–Trinajstić information content (AvgIpc) is 2.76. The molecule has 2 heteroatoms. The predicted molar refractivity (Wildman–Crippen MR) is 129 cm³/mol. The first-order valence-electron chi connectivity index (χ1n) is 12.4. The van der Waals surface area contributed by atoms with Crippen LogP contribution in [0, 0.1) is 0 Å². The van der Waals surface area contributed by atoms with Crippen molar-refractivity contribution < 1.29 is 9.53 Å². The molecule has 2 nitrogen and oxygen atoms in total. The molecule has 0 aliphatic carbocycles. The maximum Gasteiger partial charge on any atom is 0.310 e. The third kappa shape index (κ3) is 10.3. The molecule has 0 saturated carbocycles. The molecule has 2 aromatic rings. The lowest BCUT2D eigenvalue weighted by Gasteiger charge is -2.08. The minimum atomic E-state index is -0.110. The Kier molecular flexibility index (Phi) is 13.0. The van der Waals surface area contributed by atoms with Crippen LogP contribution in [0.4, 0.5) is 0 Å². The monoisotopic (exact) mass is 410 g/mol. The summed E-state index contributed by atoms with van der Waals surface area (Å²) in [6.07, 6.45) is 19.1. The van der Waals surface area contributed by atoms with Crippen molar-refractivity contribution in [3.8, 4) is 0 Å². The molecule has 0 aliphatic heterocycles. The van der Waals surface area contributed by atoms with Gasteiger partial charge in [0.25, 0.3) is 0 Å². The normalized spacial score (nSPS) is 11.1. The number of esters is 1. The van der Waals surface area contributed by atoms with Crippen LogP contribution < -0.4 is 0 Å². The van der Waals surface area contributed by atoms with Crippen LogP contribution in [-0.4, -0.2) is 12.6 Å². The van der Waals surface area contributed by atoms with Crippen LogP contribution in [0.3, 0.4) is 0 Å². The van der Waals surface area contributed by atoms with E-state index < -0.39 is 0 Å². The smallest absolute Gasteiger partial charge is 0.310 e. The van der Waals surface area contributed by atoms with Gasteiger partial charge in [-0.2, -0.15) is 0 Å². The summed E-state index contributed by atoms with van der Waals surface area (Å²) < 4.78 is 5.46. The van der Waals surface area contributed by atoms with Gasteiger partial charge in [0.2, 0.25) is 0 Å². The zero-order valence-electron chi connectivity index (χ0n) is 19.2. The predicted octanol–water partition coefficient (Wildman–Crippen LogP) is 8.41. The van der Waals surface area contributed by atoms with E-state index in [0.29, 0.717) is 13.0 Å². The van der Waals surface area contributed by atoms with Crippen molar-refractivity contribution in [1.29, 1.82) is 0 Å². The van der Waals surface area contributed by atoms with Crippen molar-refractivity contribution in [3.05, 3.63) is 48.0 Å². The molecule has 0 aliphatic rings. The number of fused-ring (bicyclic) bond motifs is 1. The van der Waals surface area contributed by atoms with Crippen LogP contribution in [0.15, 0.2) is 42.5 Å². The summed E-state index contributed by atoms with van der Waals surface area (Å²) in [5.74, 6) is -0.110. The van der Waals surface area contributed by atoms with Crippen molar-refractivity contribution in [3.63, 3.8) is 0 Å². The van der Waals surface area contributed by atoms with Crippen molar-refractivity contribution in [2.24, 2.45) is 0 Å². The first kappa shape index (κ1) is 24.4. The number of rotatable bonds is 17. The minimum absolute atomic E-state index is 0.110. The van der Waals surface area contributed by atoms with Gasteiger partial charge in [-0.05, 0) is 22.8 Å². The Hall–Kier alpha value is -1.83. The van der Waals surface area contributed by atoms with Gasteiger partial charge in [-0.1, -0.05) is 133 Å². The van der Waals surface area contributed by atoms with Crippen LogP contribution >= 0.6 is 0 Å². The minimum Gasteiger partial charge on any atom is -0.465 e. The van der Waals surface area contributed by atoms with Crippen molar-refractivity contribution in [1.82, 2.24) is 0 Å². The number of hydrogen-bond donors (Lipinski definition) is 0. The second kappa shape index (κ2) is 15.9. The molecule has 0 atom stereocenters. The van der Waals surface area contributed by atoms with Gasteiger partial charge in [0.15, 0.2) is 0 Å². The molecular weight excluding hydrogens is 368 g/mol. The summed E-state index contributed by atoms with van der Waals surface area (Å²) in [6, 6.07) is 14.3. The molecule has 0 saturated heterocycles. The molecule has 0 unspecified atom stereocenters. The summed E-state index contributed by atoms with van der Waals surface area (Å²) in [5.41, 5.74) is 1.05. The van der Waals surface area contributed by atoms with E-state index in [4.69, 9.17) is 4.74 Å². The van der Waals surface area contributed by atoms with Crippen LogP contribution in [-0.2, 0) is 16.0 Å². The fourth-order valence-corrected chi connectivity index (χ4v) is 4.14. The zero-order valence-corrected chi connectivity index (χ0v) is 19.2. The van der Waals surface area contributed by atoms with Crippen molar-refractivity contribution in [2.45, 2.75) is 103 Å². The SMILES string of the molecule is CCCCCCCCCCCCCCCCOC(=O)Cc1cccc2ccccc12. The number of ether oxygens (including phenoxy) is 1. The van der Waals surface area contributed by atoms with Gasteiger partial charge in [-0.15, -0.1) is 0 Å². The number of carbonyl (C=O) groups excluding carboxylic acids is 1. The van der Waals surface area contributed by atoms with E-state index in [9.17, 15) is 4.79 Å². The highest BCUT2D eigenvalue weighted by Crippen LogP contribution is 2.19. The highest BCUT2D eigenvalue weighted by Gasteiger charge is 2.07. The number of benzene rings is 2. The van der Waals surface area contributed by atoms with Crippen molar-refractivity contribution >= 4 is 16.7 Å². The molecule has 0 N–H and O–H groups in total. The standard InChI is InChI=1S/C28H42O2/c1-2-3-4-5-6-7-8-9-10-11-12-13-14-17-23-30-28(29)24-26-21-18-20-25-19-15-16-22-27(25)26/h15-16,18-22H,2-14,17,23-24H2,1H3. The van der Waals surface area contributed by atoms with E-state index in [0.717, 1.165) is 17.4 Å². The summed E-state index contributed by atoms with van der Waals surface area (Å²) >= 11 is 0. The van der Waals surface area contributed by atoms with Gasteiger partial charge in [0.05, 0.1) is 13.0 Å². The van der Waals surface area contributed by atoms with Gasteiger partial charge in [-0.3, -0.25) is 4.79 Å². The molecule has 0 spiro atoms. The van der Waals surface area contributed by atoms with E-state index in [2.05, 4.69) is 25.1 Å². The number of carbonyl (C=O) groups is 1. The molecule has 166 valence electrons. The maximum atomic E-state index is 12.2. The van der Waals surface area contributed by atoms with E-state index in [-0.39, 0.29) is 5.97 Å². The maximum absolute atomic E-state index is 12.2. The molecule has 0 aromatic heterocycles. The average molecular weight is 411 g/mol. The largest absolute Gasteiger partial charge is 0.465 e.